The van der Waals surface area contributed by atoms with Gasteiger partial charge >= 0.3 is 0 Å². The van der Waals surface area contributed by atoms with Crippen LogP contribution >= 0.6 is 11.6 Å². The maximum absolute atomic E-state index is 11.9. The molecule has 5 N–H and O–H groups in total. The molecule has 0 unspecified atom stereocenters. The molecule has 0 spiro atoms. The number of halogens is 1. The molecule has 0 saturated carbocycles. The van der Waals surface area contributed by atoms with Gasteiger partial charge in [-0.3, -0.25) is 9.82 Å². The molecule has 0 bridgehead atoms. The SMILES string of the molecule is NNc1ncc(S(=O)(=O)Nc2cn[nH]c2)cc1Cl. The summed E-state index contributed by atoms with van der Waals surface area (Å²) in [5.41, 5.74) is 2.56. The Bertz CT molecular complexity index is 642. The van der Waals surface area contributed by atoms with Gasteiger partial charge in [-0.1, -0.05) is 11.6 Å². The Morgan fingerprint density at radius 2 is 2.17 bits per heavy atom. The number of nitrogens with two attached hydrogens (primary N) is 1. The van der Waals surface area contributed by atoms with Gasteiger partial charge in [-0.05, 0) is 6.07 Å². The Kier molecular flexibility index (Phi) is 3.36. The number of aromatic amines is 1. The van der Waals surface area contributed by atoms with Crippen LogP contribution in [-0.4, -0.2) is 23.6 Å². The Morgan fingerprint density at radius 3 is 2.72 bits per heavy atom. The zero-order chi connectivity index (χ0) is 13.2. The van der Waals surface area contributed by atoms with Crippen molar-refractivity contribution < 1.29 is 8.42 Å². The predicted octanol–water partition coefficient (Wildman–Crippen LogP) is 0.544. The smallest absolute Gasteiger partial charge is 0.263 e. The Labute approximate surface area is 108 Å². The summed E-state index contributed by atoms with van der Waals surface area (Å²) in [5, 5.41) is 6.22. The van der Waals surface area contributed by atoms with Gasteiger partial charge in [-0.15, -0.1) is 0 Å². The molecule has 0 saturated heterocycles. The van der Waals surface area contributed by atoms with Gasteiger partial charge in [0.2, 0.25) is 0 Å². The van der Waals surface area contributed by atoms with Crippen LogP contribution in [0.15, 0.2) is 29.6 Å². The largest absolute Gasteiger partial charge is 0.307 e. The van der Waals surface area contributed by atoms with E-state index >= 15 is 0 Å². The number of nitrogens with one attached hydrogen (secondary N) is 3. The van der Waals surface area contributed by atoms with Crippen LogP contribution in [0.4, 0.5) is 11.5 Å². The van der Waals surface area contributed by atoms with Gasteiger partial charge in [0.05, 0.1) is 16.9 Å². The van der Waals surface area contributed by atoms with E-state index in [0.717, 1.165) is 6.20 Å². The summed E-state index contributed by atoms with van der Waals surface area (Å²) in [6, 6.07) is 1.24. The highest BCUT2D eigenvalue weighted by Crippen LogP contribution is 2.22. The predicted molar refractivity (Wildman–Crippen MR) is 66.5 cm³/mol. The van der Waals surface area contributed by atoms with Gasteiger partial charge in [0, 0.05) is 12.4 Å². The minimum absolute atomic E-state index is 0.0762. The topological polar surface area (TPSA) is 126 Å². The average Bonchev–Trinajstić information content (AvgIpc) is 2.81. The monoisotopic (exact) mass is 288 g/mol. The van der Waals surface area contributed by atoms with Crippen molar-refractivity contribution in [3.63, 3.8) is 0 Å². The Morgan fingerprint density at radius 1 is 1.39 bits per heavy atom. The summed E-state index contributed by atoms with van der Waals surface area (Å²) in [6.45, 7) is 0. The van der Waals surface area contributed by atoms with Crippen LogP contribution in [0.1, 0.15) is 0 Å². The van der Waals surface area contributed by atoms with Crippen LogP contribution in [0.3, 0.4) is 0 Å². The first-order valence-corrected chi connectivity index (χ1v) is 6.53. The van der Waals surface area contributed by atoms with Crippen molar-refractivity contribution in [2.45, 2.75) is 4.90 Å². The summed E-state index contributed by atoms with van der Waals surface area (Å²) in [4.78, 5) is 3.71. The first-order chi connectivity index (χ1) is 8.53. The van der Waals surface area contributed by atoms with E-state index < -0.39 is 10.0 Å². The molecular formula is C8H9ClN6O2S. The minimum atomic E-state index is -3.76. The summed E-state index contributed by atoms with van der Waals surface area (Å²) < 4.78 is 26.2. The van der Waals surface area contributed by atoms with E-state index in [1.165, 1.54) is 18.5 Å². The van der Waals surface area contributed by atoms with E-state index in [1.54, 1.807) is 0 Å². The van der Waals surface area contributed by atoms with Crippen LogP contribution in [-0.2, 0) is 10.0 Å². The lowest BCUT2D eigenvalue weighted by Crippen LogP contribution is -2.14. The van der Waals surface area contributed by atoms with Crippen LogP contribution in [0.5, 0.6) is 0 Å². The fraction of sp³-hybridized carbons (Fsp3) is 0. The third-order valence-corrected chi connectivity index (χ3v) is 3.65. The van der Waals surface area contributed by atoms with Gasteiger partial charge in [0.15, 0.2) is 5.82 Å². The van der Waals surface area contributed by atoms with Crippen LogP contribution in [0, 0.1) is 0 Å². The summed E-state index contributed by atoms with van der Waals surface area (Å²) in [7, 11) is -3.76. The van der Waals surface area contributed by atoms with Crippen molar-refractivity contribution in [1.29, 1.82) is 0 Å². The van der Waals surface area contributed by atoms with Crippen molar-refractivity contribution in [3.8, 4) is 0 Å². The number of nitrogen functional groups attached to an aromatic ring is 1. The van der Waals surface area contributed by atoms with Crippen molar-refractivity contribution >= 4 is 33.1 Å². The van der Waals surface area contributed by atoms with Crippen molar-refractivity contribution in [1.82, 2.24) is 15.2 Å². The highest BCUT2D eigenvalue weighted by Gasteiger charge is 2.17. The molecule has 2 aromatic rings. The Balaban J connectivity index is 2.33. The van der Waals surface area contributed by atoms with E-state index in [2.05, 4.69) is 25.3 Å². The third kappa shape index (κ3) is 2.53. The molecule has 0 aliphatic heterocycles. The van der Waals surface area contributed by atoms with Gasteiger partial charge in [0.1, 0.15) is 4.90 Å². The quantitative estimate of drug-likeness (QED) is 0.481. The van der Waals surface area contributed by atoms with Gasteiger partial charge in [-0.25, -0.2) is 19.2 Å². The van der Waals surface area contributed by atoms with Crippen LogP contribution < -0.4 is 16.0 Å². The molecule has 0 amide bonds. The normalized spacial score (nSPS) is 11.2. The summed E-state index contributed by atoms with van der Waals surface area (Å²) >= 11 is 5.80. The molecule has 0 aromatic carbocycles. The number of anilines is 2. The van der Waals surface area contributed by atoms with Crippen LogP contribution in [0.25, 0.3) is 0 Å². The van der Waals surface area contributed by atoms with Crippen LogP contribution in [0.2, 0.25) is 5.02 Å². The second kappa shape index (κ2) is 4.80. The summed E-state index contributed by atoms with van der Waals surface area (Å²) in [6.07, 6.45) is 3.88. The van der Waals surface area contributed by atoms with Gasteiger partial charge in [-0.2, -0.15) is 5.10 Å². The summed E-state index contributed by atoms with van der Waals surface area (Å²) in [5.74, 6) is 5.34. The maximum Gasteiger partial charge on any atom is 0.263 e. The number of hydrogen-bond acceptors (Lipinski definition) is 6. The fourth-order valence-electron chi connectivity index (χ4n) is 1.19. The fourth-order valence-corrected chi connectivity index (χ4v) is 2.48. The molecule has 10 heteroatoms. The molecule has 0 atom stereocenters. The van der Waals surface area contributed by atoms with E-state index in [1.807, 2.05) is 0 Å². The number of H-pyrrole nitrogens is 1. The number of hydrogen-bond donors (Lipinski definition) is 4. The zero-order valence-electron chi connectivity index (χ0n) is 8.88. The molecule has 8 nitrogen and oxygen atoms in total. The first kappa shape index (κ1) is 12.6. The molecule has 96 valence electrons. The Hall–Kier alpha value is -1.84. The first-order valence-electron chi connectivity index (χ1n) is 4.66. The molecule has 0 aliphatic rings. The van der Waals surface area contributed by atoms with E-state index in [-0.39, 0.29) is 15.7 Å². The number of hydrazine groups is 1. The zero-order valence-corrected chi connectivity index (χ0v) is 10.5. The molecule has 2 heterocycles. The van der Waals surface area contributed by atoms with E-state index in [9.17, 15) is 8.42 Å². The van der Waals surface area contributed by atoms with E-state index in [4.69, 9.17) is 17.4 Å². The van der Waals surface area contributed by atoms with Crippen molar-refractivity contribution in [2.24, 2.45) is 5.84 Å². The van der Waals surface area contributed by atoms with Crippen molar-refractivity contribution in [3.05, 3.63) is 29.7 Å². The lowest BCUT2D eigenvalue weighted by Gasteiger charge is -2.07. The maximum atomic E-state index is 11.9. The highest BCUT2D eigenvalue weighted by atomic mass is 35.5. The minimum Gasteiger partial charge on any atom is -0.307 e. The second-order valence-corrected chi connectivity index (χ2v) is 5.33. The molecule has 0 aliphatic carbocycles. The molecular weight excluding hydrogens is 280 g/mol. The second-order valence-electron chi connectivity index (χ2n) is 3.24. The number of nitrogens with zero attached hydrogens (tertiary/aromatic N) is 2. The third-order valence-electron chi connectivity index (χ3n) is 2.01. The standard InChI is InChI=1S/C8H9ClN6O2S/c9-7-1-6(4-11-8(7)14-10)18(16,17)15-5-2-12-13-3-5/h1-4,15H,10H2,(H,11,14)(H,12,13). The van der Waals surface area contributed by atoms with Crippen molar-refractivity contribution in [2.75, 3.05) is 10.1 Å². The molecule has 2 rings (SSSR count). The number of rotatable bonds is 4. The number of pyridine rings is 1. The number of aromatic nitrogens is 3. The lowest BCUT2D eigenvalue weighted by molar-refractivity contribution is 0.601. The molecule has 0 fully saturated rings. The van der Waals surface area contributed by atoms with Gasteiger partial charge in [0.25, 0.3) is 10.0 Å². The van der Waals surface area contributed by atoms with Gasteiger partial charge < -0.3 is 5.43 Å². The molecule has 2 aromatic heterocycles. The highest BCUT2D eigenvalue weighted by molar-refractivity contribution is 7.92. The lowest BCUT2D eigenvalue weighted by atomic mass is 10.5. The molecule has 0 radical (unpaired) electrons. The average molecular weight is 289 g/mol. The number of sulfonamides is 1. The molecule has 18 heavy (non-hydrogen) atoms. The van der Waals surface area contributed by atoms with E-state index in [0.29, 0.717) is 5.69 Å².